The van der Waals surface area contributed by atoms with Crippen LogP contribution in [-0.2, 0) is 14.5 Å². The summed E-state index contributed by atoms with van der Waals surface area (Å²) in [6, 6.07) is 0. The minimum Gasteiger partial charge on any atom is -0.393 e. The van der Waals surface area contributed by atoms with Crippen LogP contribution in [0.3, 0.4) is 0 Å². The molecule has 10 atom stereocenters. The molecule has 2 fully saturated rings. The molecule has 1 aliphatic heterocycles. The molecule has 1 saturated heterocycles. The molecule has 1 saturated carbocycles. The minimum absolute atomic E-state index is 0.132. The number of rotatable bonds is 8. The Balaban J connectivity index is 1.86. The highest BCUT2D eigenvalue weighted by Crippen LogP contribution is 2.53. The predicted molar refractivity (Wildman–Crippen MR) is 114 cm³/mol. The third kappa shape index (κ3) is 4.64. The third-order valence-corrected chi connectivity index (χ3v) is 7.66. The number of fused-ring (bicyclic) bond motifs is 1. The second kappa shape index (κ2) is 9.93. The predicted octanol–water partition coefficient (Wildman–Crippen LogP) is 0.542. The lowest BCUT2D eigenvalue weighted by atomic mass is 9.73. The number of hydrogen-bond donors (Lipinski definition) is 6. The topological polar surface area (TPSA) is 149 Å². The first kappa shape index (κ1) is 26.0. The Morgan fingerprint density at radius 3 is 2.34 bits per heavy atom. The van der Waals surface area contributed by atoms with E-state index in [2.05, 4.69) is 0 Å². The summed E-state index contributed by atoms with van der Waals surface area (Å²) in [6.45, 7) is 4.82. The van der Waals surface area contributed by atoms with Gasteiger partial charge in [-0.15, -0.1) is 0 Å². The van der Waals surface area contributed by atoms with Crippen LogP contribution >= 0.6 is 0 Å². The smallest absolute Gasteiger partial charge is 0.220 e. The molecule has 9 nitrogen and oxygen atoms in total. The van der Waals surface area contributed by atoms with Crippen molar-refractivity contribution in [1.29, 1.82) is 0 Å². The molecule has 1 heterocycles. The maximum Gasteiger partial charge on any atom is 0.220 e. The number of aliphatic hydroxyl groups excluding tert-OH is 5. The van der Waals surface area contributed by atoms with Gasteiger partial charge in [-0.1, -0.05) is 38.8 Å². The summed E-state index contributed by atoms with van der Waals surface area (Å²) in [5.74, 6) is -0.352. The Labute approximate surface area is 189 Å². The van der Waals surface area contributed by atoms with Gasteiger partial charge in [0.2, 0.25) is 6.29 Å². The van der Waals surface area contributed by atoms with E-state index in [1.807, 2.05) is 19.9 Å². The van der Waals surface area contributed by atoms with Gasteiger partial charge in [0.05, 0.1) is 18.3 Å². The molecular formula is C23H40O9. The van der Waals surface area contributed by atoms with Crippen molar-refractivity contribution in [2.75, 3.05) is 6.61 Å². The second-order valence-corrected chi connectivity index (χ2v) is 10.1. The molecule has 32 heavy (non-hydrogen) atoms. The van der Waals surface area contributed by atoms with Crippen LogP contribution in [0.15, 0.2) is 12.2 Å². The summed E-state index contributed by atoms with van der Waals surface area (Å²) < 4.78 is 5.60. The molecular weight excluding hydrogens is 420 g/mol. The molecule has 3 aliphatic rings. The fraction of sp³-hybridized carbons (Fsp3) is 0.913. The van der Waals surface area contributed by atoms with E-state index in [1.165, 1.54) is 6.92 Å². The number of hydrogen-bond acceptors (Lipinski definition) is 9. The largest absolute Gasteiger partial charge is 0.393 e. The first-order valence-electron chi connectivity index (χ1n) is 11.8. The first-order chi connectivity index (χ1) is 15.1. The van der Waals surface area contributed by atoms with Crippen LogP contribution in [0.25, 0.3) is 0 Å². The Morgan fingerprint density at radius 2 is 1.72 bits per heavy atom. The summed E-state index contributed by atoms with van der Waals surface area (Å²) in [5.41, 5.74) is -3.40. The van der Waals surface area contributed by atoms with Crippen molar-refractivity contribution in [2.45, 2.75) is 113 Å². The Morgan fingerprint density at radius 1 is 1.03 bits per heavy atom. The first-order valence-corrected chi connectivity index (χ1v) is 11.8. The van der Waals surface area contributed by atoms with E-state index >= 15 is 0 Å². The zero-order chi connectivity index (χ0) is 23.7. The maximum atomic E-state index is 11.3. The van der Waals surface area contributed by atoms with Gasteiger partial charge in [0.15, 0.2) is 0 Å². The molecule has 0 bridgehead atoms. The van der Waals surface area contributed by atoms with Crippen molar-refractivity contribution in [2.24, 2.45) is 11.8 Å². The lowest BCUT2D eigenvalue weighted by Crippen LogP contribution is -2.65. The van der Waals surface area contributed by atoms with Gasteiger partial charge in [0.25, 0.3) is 0 Å². The normalized spacial score (nSPS) is 49.1. The maximum absolute atomic E-state index is 11.3. The molecule has 0 amide bonds. The Kier molecular flexibility index (Phi) is 8.07. The average Bonchev–Trinajstić information content (AvgIpc) is 3.01. The van der Waals surface area contributed by atoms with E-state index in [0.717, 1.165) is 12.8 Å². The van der Waals surface area contributed by atoms with Crippen molar-refractivity contribution >= 4 is 0 Å². The van der Waals surface area contributed by atoms with Crippen LogP contribution in [-0.4, -0.2) is 84.8 Å². The molecule has 186 valence electrons. The van der Waals surface area contributed by atoms with Crippen molar-refractivity contribution in [3.05, 3.63) is 12.2 Å². The lowest BCUT2D eigenvalue weighted by Gasteiger charge is -2.47. The van der Waals surface area contributed by atoms with Gasteiger partial charge in [-0.3, -0.25) is 0 Å². The van der Waals surface area contributed by atoms with Crippen LogP contribution < -0.4 is 0 Å². The SMILES string of the molecule is CCC[C@@]1(O)CC[C@H]2[C@H]1C=C[C@@H](O)C[C@]2(CCC)OO[C@H]1O[C@@](C)(CO)[C@@H](O)[C@H](O)[C@H]1O. The van der Waals surface area contributed by atoms with Crippen LogP contribution in [0.2, 0.25) is 0 Å². The number of aliphatic hydroxyl groups is 6. The Hall–Kier alpha value is -0.620. The highest BCUT2D eigenvalue weighted by molar-refractivity contribution is 5.16. The third-order valence-electron chi connectivity index (χ3n) is 7.66. The minimum atomic E-state index is -1.60. The van der Waals surface area contributed by atoms with Crippen LogP contribution in [0.5, 0.6) is 0 Å². The second-order valence-electron chi connectivity index (χ2n) is 10.1. The van der Waals surface area contributed by atoms with Crippen LogP contribution in [0, 0.1) is 11.8 Å². The van der Waals surface area contributed by atoms with E-state index in [1.54, 1.807) is 6.08 Å². The van der Waals surface area contributed by atoms with Gasteiger partial charge in [-0.25, -0.2) is 9.78 Å². The molecule has 0 aromatic carbocycles. The summed E-state index contributed by atoms with van der Waals surface area (Å²) in [5, 5.41) is 62.4. The lowest BCUT2D eigenvalue weighted by molar-refractivity contribution is -0.477. The Bertz CT molecular complexity index is 659. The fourth-order valence-corrected chi connectivity index (χ4v) is 5.89. The summed E-state index contributed by atoms with van der Waals surface area (Å²) in [7, 11) is 0. The van der Waals surface area contributed by atoms with Crippen molar-refractivity contribution in [1.82, 2.24) is 0 Å². The van der Waals surface area contributed by atoms with Gasteiger partial charge < -0.3 is 35.4 Å². The quantitative estimate of drug-likeness (QED) is 0.173. The molecule has 9 heteroatoms. The molecule has 3 rings (SSSR count). The molecule has 0 aromatic heterocycles. The monoisotopic (exact) mass is 460 g/mol. The zero-order valence-corrected chi connectivity index (χ0v) is 19.3. The highest BCUT2D eigenvalue weighted by Gasteiger charge is 2.57. The molecule has 0 aromatic rings. The molecule has 0 unspecified atom stereocenters. The summed E-state index contributed by atoms with van der Waals surface area (Å²) in [6.07, 6.45) is 0.911. The zero-order valence-electron chi connectivity index (χ0n) is 19.3. The van der Waals surface area contributed by atoms with Gasteiger partial charge in [-0.05, 0) is 32.6 Å². The molecule has 6 N–H and O–H groups in total. The van der Waals surface area contributed by atoms with Crippen molar-refractivity contribution in [3.8, 4) is 0 Å². The van der Waals surface area contributed by atoms with Gasteiger partial charge in [0, 0.05) is 18.3 Å². The van der Waals surface area contributed by atoms with Gasteiger partial charge >= 0.3 is 0 Å². The van der Waals surface area contributed by atoms with Gasteiger partial charge in [0.1, 0.15) is 29.5 Å². The summed E-state index contributed by atoms with van der Waals surface area (Å²) in [4.78, 5) is 11.6. The average molecular weight is 461 g/mol. The van der Waals surface area contributed by atoms with E-state index in [-0.39, 0.29) is 18.3 Å². The number of ether oxygens (including phenoxy) is 1. The fourth-order valence-electron chi connectivity index (χ4n) is 5.89. The van der Waals surface area contributed by atoms with E-state index in [9.17, 15) is 30.6 Å². The molecule has 0 radical (unpaired) electrons. The van der Waals surface area contributed by atoms with Crippen molar-refractivity contribution < 1.29 is 45.2 Å². The van der Waals surface area contributed by atoms with Gasteiger partial charge in [-0.2, -0.15) is 0 Å². The summed E-state index contributed by atoms with van der Waals surface area (Å²) >= 11 is 0. The van der Waals surface area contributed by atoms with Crippen LogP contribution in [0.1, 0.15) is 65.7 Å². The van der Waals surface area contributed by atoms with Crippen LogP contribution in [0.4, 0.5) is 0 Å². The van der Waals surface area contributed by atoms with Crippen molar-refractivity contribution in [3.63, 3.8) is 0 Å². The highest BCUT2D eigenvalue weighted by atomic mass is 17.2. The molecule has 0 spiro atoms. The molecule has 2 aliphatic carbocycles. The van der Waals surface area contributed by atoms with E-state index in [0.29, 0.717) is 25.7 Å². The van der Waals surface area contributed by atoms with E-state index < -0.39 is 54.1 Å². The van der Waals surface area contributed by atoms with E-state index in [4.69, 9.17) is 14.5 Å². The standard InChI is InChI=1S/C23H40O9/c1-4-9-22(29)11-8-16-15(22)7-6-14(25)12-23(16,10-5-2)32-31-20-18(27)17(26)19(28)21(3,13-24)30-20/h6-7,14-20,24-29H,4-5,8-13H2,1-3H3/t14-,15-,16+,17-,18-,19+,20-,21+,22-,23+/m1/s1.